The zero-order valence-corrected chi connectivity index (χ0v) is 29.9. The molecule has 10 nitrogen and oxygen atoms in total. The number of rotatable bonds is 11. The van der Waals surface area contributed by atoms with Crippen LogP contribution in [-0.2, 0) is 46.5 Å². The van der Waals surface area contributed by atoms with Crippen LogP contribution in [0.4, 0.5) is 0 Å². The third-order valence-electron chi connectivity index (χ3n) is 9.18. The van der Waals surface area contributed by atoms with E-state index in [1.165, 1.54) is 6.92 Å². The van der Waals surface area contributed by atoms with Crippen molar-refractivity contribution in [2.75, 3.05) is 13.1 Å². The first-order valence-corrected chi connectivity index (χ1v) is 17.4. The number of esters is 2. The van der Waals surface area contributed by atoms with E-state index in [0.717, 1.165) is 52.8 Å². The number of ether oxygens (including phenoxy) is 4. The summed E-state index contributed by atoms with van der Waals surface area (Å²) < 4.78 is 24.3. The van der Waals surface area contributed by atoms with Crippen molar-refractivity contribution in [1.29, 1.82) is 0 Å². The number of benzene rings is 3. The van der Waals surface area contributed by atoms with E-state index in [9.17, 15) is 19.5 Å². The smallest absolute Gasteiger partial charge is 0.323 e. The number of carbonyl (C=O) groups excluding carboxylic acids is 3. The Labute approximate surface area is 295 Å². The topological polar surface area (TPSA) is 124 Å². The summed E-state index contributed by atoms with van der Waals surface area (Å²) in [5, 5.41) is 12.5. The molecule has 0 aliphatic carbocycles. The Hall–Kier alpha value is -4.09. The molecule has 0 radical (unpaired) electrons. The lowest BCUT2D eigenvalue weighted by Gasteiger charge is -2.43. The van der Waals surface area contributed by atoms with E-state index in [1.54, 1.807) is 6.92 Å². The van der Waals surface area contributed by atoms with Crippen molar-refractivity contribution in [1.82, 2.24) is 10.2 Å². The number of hydrogen-bond acceptors (Lipinski definition) is 9. The van der Waals surface area contributed by atoms with Gasteiger partial charge in [0.1, 0.15) is 11.6 Å². The molecule has 3 aromatic rings. The first kappa shape index (κ1) is 37.2. The van der Waals surface area contributed by atoms with Gasteiger partial charge >= 0.3 is 11.9 Å². The molecule has 2 saturated heterocycles. The summed E-state index contributed by atoms with van der Waals surface area (Å²) in [4.78, 5) is 39.0. The predicted octanol–water partition coefficient (Wildman–Crippen LogP) is 6.01. The summed E-state index contributed by atoms with van der Waals surface area (Å²) in [5.41, 5.74) is 4.93. The van der Waals surface area contributed by atoms with Crippen LogP contribution in [0.5, 0.6) is 0 Å². The molecule has 50 heavy (non-hydrogen) atoms. The Bertz CT molecular complexity index is 1630. The van der Waals surface area contributed by atoms with Crippen LogP contribution in [0.1, 0.15) is 89.0 Å². The van der Waals surface area contributed by atoms with Gasteiger partial charge < -0.3 is 29.4 Å². The highest BCUT2D eigenvalue weighted by atomic mass is 16.7. The van der Waals surface area contributed by atoms with Gasteiger partial charge in [-0.3, -0.25) is 19.3 Å². The van der Waals surface area contributed by atoms with E-state index in [0.29, 0.717) is 6.54 Å². The van der Waals surface area contributed by atoms with E-state index in [4.69, 9.17) is 18.9 Å². The molecule has 2 N–H and O–H groups in total. The summed E-state index contributed by atoms with van der Waals surface area (Å²) in [6.07, 6.45) is -0.431. The van der Waals surface area contributed by atoms with Crippen LogP contribution in [-0.4, -0.2) is 64.8 Å². The molecule has 1 amide bonds. The number of amides is 1. The predicted molar refractivity (Wildman–Crippen MR) is 188 cm³/mol. The van der Waals surface area contributed by atoms with Gasteiger partial charge in [0, 0.05) is 31.5 Å². The summed E-state index contributed by atoms with van der Waals surface area (Å²) in [6.45, 7) is 12.2. The van der Waals surface area contributed by atoms with Gasteiger partial charge in [-0.1, -0.05) is 67.6 Å². The lowest BCUT2D eigenvalue weighted by atomic mass is 9.89. The minimum absolute atomic E-state index is 0.0372. The van der Waals surface area contributed by atoms with Gasteiger partial charge in [-0.2, -0.15) is 0 Å². The fourth-order valence-corrected chi connectivity index (χ4v) is 6.60. The quantitative estimate of drug-likeness (QED) is 0.234. The zero-order valence-electron chi connectivity index (χ0n) is 29.9. The lowest BCUT2D eigenvalue weighted by Crippen LogP contribution is -2.48. The molecule has 10 heteroatoms. The Morgan fingerprint density at radius 1 is 0.960 bits per heavy atom. The second-order valence-electron chi connectivity index (χ2n) is 14.3. The molecule has 6 unspecified atom stereocenters. The van der Waals surface area contributed by atoms with Crippen molar-refractivity contribution in [3.8, 4) is 11.1 Å². The van der Waals surface area contributed by atoms with Crippen molar-refractivity contribution >= 4 is 17.8 Å². The van der Waals surface area contributed by atoms with Crippen LogP contribution in [0.15, 0.2) is 72.8 Å². The molecule has 2 aliphatic heterocycles. The first-order valence-electron chi connectivity index (χ1n) is 17.4. The largest absolute Gasteiger partial charge is 0.459 e. The minimum atomic E-state index is -0.875. The molecule has 0 bridgehead atoms. The van der Waals surface area contributed by atoms with Gasteiger partial charge in [-0.15, -0.1) is 0 Å². The zero-order chi connectivity index (χ0) is 36.0. The van der Waals surface area contributed by atoms with E-state index >= 15 is 0 Å². The first-order chi connectivity index (χ1) is 23.8. The number of carbonyl (C=O) groups is 3. The summed E-state index contributed by atoms with van der Waals surface area (Å²) >= 11 is 0. The minimum Gasteiger partial charge on any atom is -0.459 e. The third-order valence-corrected chi connectivity index (χ3v) is 9.18. The molecule has 0 spiro atoms. The van der Waals surface area contributed by atoms with E-state index in [1.807, 2.05) is 87.5 Å². The second kappa shape index (κ2) is 16.3. The van der Waals surface area contributed by atoms with Gasteiger partial charge in [0.15, 0.2) is 12.4 Å². The van der Waals surface area contributed by atoms with Crippen LogP contribution >= 0.6 is 0 Å². The highest BCUT2D eigenvalue weighted by Crippen LogP contribution is 2.43. The van der Waals surface area contributed by atoms with Gasteiger partial charge in [0.2, 0.25) is 0 Å². The summed E-state index contributed by atoms with van der Waals surface area (Å²) in [6, 6.07) is 23.4. The Morgan fingerprint density at radius 2 is 1.66 bits per heavy atom. The maximum Gasteiger partial charge on any atom is 0.323 e. The third kappa shape index (κ3) is 9.57. The molecular weight excluding hydrogens is 636 g/mol. The van der Waals surface area contributed by atoms with Crippen LogP contribution < -0.4 is 5.32 Å². The molecule has 0 saturated carbocycles. The van der Waals surface area contributed by atoms with E-state index in [2.05, 4.69) is 23.2 Å². The van der Waals surface area contributed by atoms with Gasteiger partial charge in [0.25, 0.3) is 5.91 Å². The van der Waals surface area contributed by atoms with Gasteiger partial charge in [-0.25, -0.2) is 0 Å². The molecule has 5 rings (SSSR count). The van der Waals surface area contributed by atoms with Crippen molar-refractivity contribution < 1.29 is 38.4 Å². The Kier molecular flexibility index (Phi) is 12.1. The maximum absolute atomic E-state index is 13.2. The Morgan fingerprint density at radius 3 is 2.34 bits per heavy atom. The molecule has 6 atom stereocenters. The van der Waals surface area contributed by atoms with Crippen LogP contribution in [0.2, 0.25) is 0 Å². The van der Waals surface area contributed by atoms with Crippen LogP contribution in [0.3, 0.4) is 0 Å². The van der Waals surface area contributed by atoms with Crippen LogP contribution in [0, 0.1) is 5.92 Å². The standard InChI is InChI=1S/C40H50N2O8/c1-25-35(23-42-19-9-14-34(42)38(46)50-40(4,5)6)48-39(49-36(25)30-17-15-28(24-43)16-18-30)33-13-8-12-32(21-33)31-11-7-10-29(20-31)22-41-37(45)26(2)47-27(3)44/h7-8,10-13,15-18,20-21,25-26,34-36,39,43H,9,14,19,22-24H2,1-6H3,(H,41,45). The highest BCUT2D eigenvalue weighted by molar-refractivity contribution is 5.83. The lowest BCUT2D eigenvalue weighted by molar-refractivity contribution is -0.276. The molecule has 2 aliphatic rings. The van der Waals surface area contributed by atoms with Crippen molar-refractivity contribution in [3.63, 3.8) is 0 Å². The summed E-state index contributed by atoms with van der Waals surface area (Å²) in [7, 11) is 0. The second-order valence-corrected chi connectivity index (χ2v) is 14.3. The van der Waals surface area contributed by atoms with Crippen molar-refractivity contribution in [2.24, 2.45) is 5.92 Å². The van der Waals surface area contributed by atoms with Crippen LogP contribution in [0.25, 0.3) is 11.1 Å². The number of aliphatic hydroxyl groups is 1. The fourth-order valence-electron chi connectivity index (χ4n) is 6.60. The number of likely N-dealkylation sites (tertiary alicyclic amines) is 1. The number of aliphatic hydroxyl groups excluding tert-OH is 1. The normalized spacial score (nSPS) is 23.2. The number of nitrogens with one attached hydrogen (secondary N) is 1. The maximum atomic E-state index is 13.2. The Balaban J connectivity index is 1.37. The summed E-state index contributed by atoms with van der Waals surface area (Å²) in [5.74, 6) is -1.11. The van der Waals surface area contributed by atoms with Gasteiger partial charge in [0.05, 0.1) is 18.8 Å². The molecule has 268 valence electrons. The average molecular weight is 687 g/mol. The van der Waals surface area contributed by atoms with Crippen molar-refractivity contribution in [3.05, 3.63) is 95.1 Å². The molecule has 2 fully saturated rings. The fraction of sp³-hybridized carbons (Fsp3) is 0.475. The average Bonchev–Trinajstić information content (AvgIpc) is 3.56. The number of hydrogen-bond donors (Lipinski definition) is 2. The molecule has 3 aromatic carbocycles. The monoisotopic (exact) mass is 686 g/mol. The number of nitrogens with zero attached hydrogens (tertiary/aromatic N) is 1. The van der Waals surface area contributed by atoms with Gasteiger partial charge in [-0.05, 0) is 87.0 Å². The highest BCUT2D eigenvalue weighted by Gasteiger charge is 2.42. The van der Waals surface area contributed by atoms with E-state index < -0.39 is 24.0 Å². The SMILES string of the molecule is CC(=O)OC(C)C(=O)NCc1cccc(-c2cccc(C3OC(CN4CCCC4C(=O)OC(C)(C)C)C(C)C(c4ccc(CO)cc4)O3)c2)c1. The molecule has 0 aromatic heterocycles. The molecular formula is C40H50N2O8. The van der Waals surface area contributed by atoms with Crippen molar-refractivity contribution in [2.45, 2.75) is 104 Å². The van der Waals surface area contributed by atoms with E-state index in [-0.39, 0.29) is 49.2 Å². The molecule has 2 heterocycles.